The van der Waals surface area contributed by atoms with Crippen LogP contribution >= 0.6 is 0 Å². The highest BCUT2D eigenvalue weighted by molar-refractivity contribution is 5.67. The summed E-state index contributed by atoms with van der Waals surface area (Å²) in [6, 6.07) is 15.9. The molecule has 5 nitrogen and oxygen atoms in total. The lowest BCUT2D eigenvalue weighted by molar-refractivity contribution is -0.137. The molecule has 1 heterocycles. The molecule has 3 rings (SSSR count). The van der Waals surface area contributed by atoms with E-state index in [-0.39, 0.29) is 6.61 Å². The van der Waals surface area contributed by atoms with Gasteiger partial charge in [0.1, 0.15) is 5.82 Å². The van der Waals surface area contributed by atoms with Crippen molar-refractivity contribution in [3.63, 3.8) is 0 Å². The summed E-state index contributed by atoms with van der Waals surface area (Å²) in [4.78, 5) is 8.83. The number of hydrogen-bond donors (Lipinski definition) is 3. The van der Waals surface area contributed by atoms with Gasteiger partial charge < -0.3 is 15.7 Å². The van der Waals surface area contributed by atoms with E-state index in [2.05, 4.69) is 20.6 Å². The van der Waals surface area contributed by atoms with Crippen LogP contribution < -0.4 is 10.6 Å². The van der Waals surface area contributed by atoms with Crippen LogP contribution in [0.1, 0.15) is 12.0 Å². The van der Waals surface area contributed by atoms with Gasteiger partial charge in [-0.3, -0.25) is 0 Å². The molecule has 28 heavy (non-hydrogen) atoms. The van der Waals surface area contributed by atoms with E-state index < -0.39 is 11.7 Å². The van der Waals surface area contributed by atoms with Crippen molar-refractivity contribution in [3.05, 3.63) is 66.2 Å². The molecule has 0 spiro atoms. The highest BCUT2D eigenvalue weighted by Gasteiger charge is 2.29. The van der Waals surface area contributed by atoms with E-state index in [1.165, 1.54) is 12.1 Å². The molecule has 0 aliphatic heterocycles. The van der Waals surface area contributed by atoms with Gasteiger partial charge in [-0.1, -0.05) is 30.3 Å². The lowest BCUT2D eigenvalue weighted by Gasteiger charge is -2.12. The summed E-state index contributed by atoms with van der Waals surface area (Å²) in [5.74, 6) is 0.810. The molecule has 0 saturated carbocycles. The molecule has 0 fully saturated rings. The fourth-order valence-electron chi connectivity index (χ4n) is 2.52. The summed E-state index contributed by atoms with van der Waals surface area (Å²) in [6.07, 6.45) is -3.84. The Kier molecular flexibility index (Phi) is 6.10. The number of rotatable bonds is 7. The predicted molar refractivity (Wildman–Crippen MR) is 102 cm³/mol. The fourth-order valence-corrected chi connectivity index (χ4v) is 2.52. The number of hydrogen-bond acceptors (Lipinski definition) is 5. The number of aliphatic hydroxyl groups is 1. The van der Waals surface area contributed by atoms with Gasteiger partial charge in [0.25, 0.3) is 0 Å². The van der Waals surface area contributed by atoms with Crippen molar-refractivity contribution < 1.29 is 18.3 Å². The Hall–Kier alpha value is -3.13. The fraction of sp³-hybridized carbons (Fsp3) is 0.200. The molecular formula is C20H19F3N4O. The molecule has 3 aromatic rings. The zero-order valence-corrected chi connectivity index (χ0v) is 14.9. The average molecular weight is 388 g/mol. The van der Waals surface area contributed by atoms with Gasteiger partial charge in [-0.2, -0.15) is 18.2 Å². The Morgan fingerprint density at radius 2 is 1.64 bits per heavy atom. The number of aromatic nitrogens is 2. The average Bonchev–Trinajstić information content (AvgIpc) is 2.68. The Bertz CT molecular complexity index is 900. The first-order chi connectivity index (χ1) is 13.5. The molecule has 146 valence electrons. The van der Waals surface area contributed by atoms with Crippen molar-refractivity contribution in [2.24, 2.45) is 0 Å². The van der Waals surface area contributed by atoms with Crippen LogP contribution in [0.4, 0.5) is 30.6 Å². The van der Waals surface area contributed by atoms with Gasteiger partial charge in [-0.15, -0.1) is 0 Å². The lowest BCUT2D eigenvalue weighted by Crippen LogP contribution is -2.09. The van der Waals surface area contributed by atoms with Gasteiger partial charge in [0.15, 0.2) is 0 Å². The van der Waals surface area contributed by atoms with Crippen LogP contribution in [0.5, 0.6) is 0 Å². The minimum absolute atomic E-state index is 0.0437. The summed E-state index contributed by atoms with van der Waals surface area (Å²) in [5.41, 5.74) is 1.31. The molecule has 8 heteroatoms. The predicted octanol–water partition coefficient (Wildman–Crippen LogP) is 4.70. The van der Waals surface area contributed by atoms with Crippen LogP contribution in [0.2, 0.25) is 0 Å². The number of halogens is 3. The molecule has 1 aromatic heterocycles. The SMILES string of the molecule is OCCCNc1nc(Nc2ccc(C(F)(F)F)cc2)cc(-c2ccccc2)n1. The molecule has 0 atom stereocenters. The maximum absolute atomic E-state index is 12.7. The van der Waals surface area contributed by atoms with Crippen LogP contribution in [0.25, 0.3) is 11.3 Å². The first-order valence-corrected chi connectivity index (χ1v) is 8.69. The van der Waals surface area contributed by atoms with Gasteiger partial charge in [0, 0.05) is 30.5 Å². The van der Waals surface area contributed by atoms with Gasteiger partial charge in [-0.25, -0.2) is 4.98 Å². The first-order valence-electron chi connectivity index (χ1n) is 8.69. The highest BCUT2D eigenvalue weighted by atomic mass is 19.4. The van der Waals surface area contributed by atoms with E-state index in [1.54, 1.807) is 6.07 Å². The smallest absolute Gasteiger partial charge is 0.396 e. The van der Waals surface area contributed by atoms with E-state index in [4.69, 9.17) is 5.11 Å². The van der Waals surface area contributed by atoms with Crippen LogP contribution in [-0.4, -0.2) is 28.2 Å². The van der Waals surface area contributed by atoms with Crippen molar-refractivity contribution in [2.75, 3.05) is 23.8 Å². The second-order valence-corrected chi connectivity index (χ2v) is 6.03. The third-order valence-corrected chi connectivity index (χ3v) is 3.90. The molecule has 0 aliphatic rings. The Morgan fingerprint density at radius 1 is 0.929 bits per heavy atom. The third-order valence-electron chi connectivity index (χ3n) is 3.90. The third kappa shape index (κ3) is 5.20. The van der Waals surface area contributed by atoms with E-state index >= 15 is 0 Å². The normalized spacial score (nSPS) is 11.3. The maximum Gasteiger partial charge on any atom is 0.416 e. The minimum Gasteiger partial charge on any atom is -0.396 e. The Labute approximate surface area is 160 Å². The highest BCUT2D eigenvalue weighted by Crippen LogP contribution is 2.30. The summed E-state index contributed by atoms with van der Waals surface area (Å²) in [5, 5.41) is 15.0. The van der Waals surface area contributed by atoms with Crippen molar-refractivity contribution in [3.8, 4) is 11.3 Å². The van der Waals surface area contributed by atoms with Gasteiger partial charge in [0.05, 0.1) is 11.3 Å². The summed E-state index contributed by atoms with van der Waals surface area (Å²) in [6.45, 7) is 0.538. The van der Waals surface area contributed by atoms with E-state index in [0.29, 0.717) is 36.1 Å². The van der Waals surface area contributed by atoms with Crippen molar-refractivity contribution in [2.45, 2.75) is 12.6 Å². The maximum atomic E-state index is 12.7. The van der Waals surface area contributed by atoms with Gasteiger partial charge in [-0.05, 0) is 30.7 Å². The van der Waals surface area contributed by atoms with Crippen LogP contribution in [0.15, 0.2) is 60.7 Å². The molecule has 0 aliphatic carbocycles. The molecular weight excluding hydrogens is 369 g/mol. The van der Waals surface area contributed by atoms with Crippen molar-refractivity contribution in [1.29, 1.82) is 0 Å². The molecule has 3 N–H and O–H groups in total. The van der Waals surface area contributed by atoms with E-state index in [9.17, 15) is 13.2 Å². The van der Waals surface area contributed by atoms with Crippen molar-refractivity contribution >= 4 is 17.5 Å². The zero-order chi connectivity index (χ0) is 20.0. The number of alkyl halides is 3. The van der Waals surface area contributed by atoms with Crippen molar-refractivity contribution in [1.82, 2.24) is 9.97 Å². The summed E-state index contributed by atoms with van der Waals surface area (Å²) in [7, 11) is 0. The number of nitrogens with zero attached hydrogens (tertiary/aromatic N) is 2. The summed E-state index contributed by atoms with van der Waals surface area (Å²) < 4.78 is 38.2. The Balaban J connectivity index is 1.87. The number of aliphatic hydroxyl groups excluding tert-OH is 1. The molecule has 2 aromatic carbocycles. The molecule has 0 bridgehead atoms. The van der Waals surface area contributed by atoms with Crippen LogP contribution in [0, 0.1) is 0 Å². The number of nitrogens with one attached hydrogen (secondary N) is 2. The molecule has 0 amide bonds. The first kappa shape index (κ1) is 19.6. The molecule has 0 radical (unpaired) electrons. The minimum atomic E-state index is -4.38. The quantitative estimate of drug-likeness (QED) is 0.512. The topological polar surface area (TPSA) is 70.1 Å². The standard InChI is InChI=1S/C20H19F3N4O/c21-20(22,23)15-7-9-16(10-8-15)25-18-13-17(14-5-2-1-3-6-14)26-19(27-18)24-11-4-12-28/h1-3,5-10,13,28H,4,11-12H2,(H2,24,25,26,27). The lowest BCUT2D eigenvalue weighted by atomic mass is 10.1. The largest absolute Gasteiger partial charge is 0.416 e. The number of anilines is 3. The molecule has 0 saturated heterocycles. The Morgan fingerprint density at radius 3 is 2.29 bits per heavy atom. The second-order valence-electron chi connectivity index (χ2n) is 6.03. The second kappa shape index (κ2) is 8.71. The molecule has 0 unspecified atom stereocenters. The monoisotopic (exact) mass is 388 g/mol. The van der Waals surface area contributed by atoms with Crippen LogP contribution in [0.3, 0.4) is 0 Å². The zero-order valence-electron chi connectivity index (χ0n) is 14.9. The van der Waals surface area contributed by atoms with Crippen LogP contribution in [-0.2, 0) is 6.18 Å². The van der Waals surface area contributed by atoms with Gasteiger partial charge in [0.2, 0.25) is 5.95 Å². The summed E-state index contributed by atoms with van der Waals surface area (Å²) >= 11 is 0. The van der Waals surface area contributed by atoms with E-state index in [1.807, 2.05) is 30.3 Å². The number of benzene rings is 2. The van der Waals surface area contributed by atoms with E-state index in [0.717, 1.165) is 17.7 Å². The van der Waals surface area contributed by atoms with Gasteiger partial charge >= 0.3 is 6.18 Å².